The van der Waals surface area contributed by atoms with Gasteiger partial charge in [-0.1, -0.05) is 25.2 Å². The third-order valence-electron chi connectivity index (χ3n) is 3.18. The Hall–Kier alpha value is -1.30. The first-order valence-corrected chi connectivity index (χ1v) is 6.85. The van der Waals surface area contributed by atoms with E-state index in [1.54, 1.807) is 0 Å². The van der Waals surface area contributed by atoms with Gasteiger partial charge in [-0.15, -0.1) is 0 Å². The Balaban J connectivity index is 2.19. The molecule has 1 aromatic rings. The summed E-state index contributed by atoms with van der Waals surface area (Å²) in [7, 11) is 3.79. The van der Waals surface area contributed by atoms with E-state index in [0.717, 1.165) is 24.6 Å². The van der Waals surface area contributed by atoms with Gasteiger partial charge in [-0.2, -0.15) is 0 Å². The van der Waals surface area contributed by atoms with E-state index in [-0.39, 0.29) is 11.3 Å². The Morgan fingerprint density at radius 1 is 1.50 bits per heavy atom. The molecule has 0 unspecified atom stereocenters. The van der Waals surface area contributed by atoms with Crippen molar-refractivity contribution in [2.24, 2.45) is 5.41 Å². The average Bonchev–Trinajstić information content (AvgIpc) is 2.81. The standard InChI is InChI=1S/C12H20N4OS/c1-12(2)5-6-16(7-12)10(17)8-9(13)14-11(18-8)15(3)4/h5-7,13H2,1-4H3. The van der Waals surface area contributed by atoms with Crippen LogP contribution in [-0.4, -0.2) is 43.0 Å². The van der Waals surface area contributed by atoms with Crippen LogP contribution in [0.25, 0.3) is 0 Å². The molecule has 1 saturated heterocycles. The van der Waals surface area contributed by atoms with Gasteiger partial charge in [0.25, 0.3) is 5.91 Å². The van der Waals surface area contributed by atoms with E-state index < -0.39 is 0 Å². The summed E-state index contributed by atoms with van der Waals surface area (Å²) >= 11 is 1.36. The van der Waals surface area contributed by atoms with Crippen molar-refractivity contribution in [2.45, 2.75) is 20.3 Å². The van der Waals surface area contributed by atoms with Gasteiger partial charge >= 0.3 is 0 Å². The highest BCUT2D eigenvalue weighted by molar-refractivity contribution is 7.18. The molecule has 0 spiro atoms. The molecule has 6 heteroatoms. The smallest absolute Gasteiger partial charge is 0.267 e. The predicted molar refractivity (Wildman–Crippen MR) is 75.2 cm³/mol. The molecule has 1 aliphatic heterocycles. The molecule has 5 nitrogen and oxygen atoms in total. The zero-order chi connectivity index (χ0) is 13.5. The second-order valence-corrected chi connectivity index (χ2v) is 6.72. The molecule has 2 N–H and O–H groups in total. The van der Waals surface area contributed by atoms with E-state index in [4.69, 9.17) is 5.73 Å². The Morgan fingerprint density at radius 2 is 2.17 bits per heavy atom. The van der Waals surface area contributed by atoms with Gasteiger partial charge in [-0.05, 0) is 11.8 Å². The number of rotatable bonds is 2. The first-order valence-electron chi connectivity index (χ1n) is 6.03. The number of likely N-dealkylation sites (tertiary alicyclic amines) is 1. The van der Waals surface area contributed by atoms with E-state index in [1.807, 2.05) is 23.9 Å². The molecule has 1 aromatic heterocycles. The molecular weight excluding hydrogens is 248 g/mol. The lowest BCUT2D eigenvalue weighted by Gasteiger charge is -2.19. The van der Waals surface area contributed by atoms with Gasteiger partial charge in [0.15, 0.2) is 5.13 Å². The highest BCUT2D eigenvalue weighted by atomic mass is 32.1. The number of nitrogens with zero attached hydrogens (tertiary/aromatic N) is 3. The molecule has 100 valence electrons. The van der Waals surface area contributed by atoms with Crippen molar-refractivity contribution in [1.82, 2.24) is 9.88 Å². The molecule has 1 amide bonds. The van der Waals surface area contributed by atoms with Crippen LogP contribution in [-0.2, 0) is 0 Å². The highest BCUT2D eigenvalue weighted by Crippen LogP contribution is 2.33. The Kier molecular flexibility index (Phi) is 3.23. The molecule has 0 saturated carbocycles. The highest BCUT2D eigenvalue weighted by Gasteiger charge is 2.34. The van der Waals surface area contributed by atoms with E-state index in [2.05, 4.69) is 18.8 Å². The number of carbonyl (C=O) groups is 1. The molecule has 0 atom stereocenters. The summed E-state index contributed by atoms with van der Waals surface area (Å²) in [6.07, 6.45) is 1.04. The molecule has 2 heterocycles. The quantitative estimate of drug-likeness (QED) is 0.886. The summed E-state index contributed by atoms with van der Waals surface area (Å²) in [5.74, 6) is 0.363. The van der Waals surface area contributed by atoms with Gasteiger partial charge in [-0.3, -0.25) is 4.79 Å². The number of carbonyl (C=O) groups excluding carboxylic acids is 1. The largest absolute Gasteiger partial charge is 0.382 e. The SMILES string of the molecule is CN(C)c1nc(N)c(C(=O)N2CCC(C)(C)C2)s1. The summed E-state index contributed by atoms with van der Waals surface area (Å²) in [4.78, 5) is 20.9. The molecule has 0 radical (unpaired) electrons. The predicted octanol–water partition coefficient (Wildman–Crippen LogP) is 1.66. The van der Waals surface area contributed by atoms with Gasteiger partial charge in [0, 0.05) is 27.2 Å². The van der Waals surface area contributed by atoms with Crippen molar-refractivity contribution in [3.63, 3.8) is 0 Å². The lowest BCUT2D eigenvalue weighted by atomic mass is 9.93. The number of aromatic nitrogens is 1. The van der Waals surface area contributed by atoms with Crippen LogP contribution in [0.4, 0.5) is 10.9 Å². The van der Waals surface area contributed by atoms with E-state index in [0.29, 0.717) is 10.7 Å². The average molecular weight is 268 g/mol. The van der Waals surface area contributed by atoms with Crippen molar-refractivity contribution in [1.29, 1.82) is 0 Å². The van der Waals surface area contributed by atoms with E-state index in [1.165, 1.54) is 11.3 Å². The number of amides is 1. The van der Waals surface area contributed by atoms with Crippen LogP contribution in [0, 0.1) is 5.41 Å². The number of hydrogen-bond acceptors (Lipinski definition) is 5. The Labute approximate surface area is 112 Å². The maximum Gasteiger partial charge on any atom is 0.267 e. The van der Waals surface area contributed by atoms with E-state index in [9.17, 15) is 4.79 Å². The zero-order valence-corrected chi connectivity index (χ0v) is 12.2. The maximum atomic E-state index is 12.4. The maximum absolute atomic E-state index is 12.4. The summed E-state index contributed by atoms with van der Waals surface area (Å²) in [5, 5.41) is 0.773. The molecule has 18 heavy (non-hydrogen) atoms. The summed E-state index contributed by atoms with van der Waals surface area (Å²) in [6, 6.07) is 0. The number of hydrogen-bond donors (Lipinski definition) is 1. The van der Waals surface area contributed by atoms with Crippen molar-refractivity contribution in [2.75, 3.05) is 37.8 Å². The summed E-state index contributed by atoms with van der Waals surface area (Å²) in [6.45, 7) is 5.96. The van der Waals surface area contributed by atoms with Gasteiger partial charge in [-0.25, -0.2) is 4.98 Å². The molecular formula is C12H20N4OS. The number of anilines is 2. The van der Waals surface area contributed by atoms with Crippen LogP contribution in [0.5, 0.6) is 0 Å². The monoisotopic (exact) mass is 268 g/mol. The molecule has 2 rings (SSSR count). The molecule has 1 aliphatic rings. The van der Waals surface area contributed by atoms with Crippen molar-refractivity contribution in [3.8, 4) is 0 Å². The lowest BCUT2D eigenvalue weighted by molar-refractivity contribution is 0.0784. The van der Waals surface area contributed by atoms with Crippen molar-refractivity contribution in [3.05, 3.63) is 4.88 Å². The minimum absolute atomic E-state index is 0.0173. The number of nitrogen functional groups attached to an aromatic ring is 1. The fraction of sp³-hybridized carbons (Fsp3) is 0.667. The van der Waals surface area contributed by atoms with Crippen LogP contribution in [0.3, 0.4) is 0 Å². The minimum Gasteiger partial charge on any atom is -0.382 e. The zero-order valence-electron chi connectivity index (χ0n) is 11.4. The third-order valence-corrected chi connectivity index (χ3v) is 4.41. The normalized spacial score (nSPS) is 18.1. The van der Waals surface area contributed by atoms with Crippen molar-refractivity contribution < 1.29 is 4.79 Å². The molecule has 0 bridgehead atoms. The second-order valence-electron chi connectivity index (χ2n) is 5.75. The van der Waals surface area contributed by atoms with Crippen LogP contribution < -0.4 is 10.6 Å². The first-order chi connectivity index (χ1) is 8.30. The molecule has 0 aliphatic carbocycles. The fourth-order valence-corrected chi connectivity index (χ4v) is 2.97. The molecule has 0 aromatic carbocycles. The van der Waals surface area contributed by atoms with Gasteiger partial charge in [0.05, 0.1) is 0 Å². The van der Waals surface area contributed by atoms with Crippen LogP contribution in [0.2, 0.25) is 0 Å². The first kappa shape index (κ1) is 13.1. The summed E-state index contributed by atoms with van der Waals surface area (Å²) in [5.41, 5.74) is 6.05. The second kappa shape index (κ2) is 4.42. The van der Waals surface area contributed by atoms with E-state index >= 15 is 0 Å². The Bertz CT molecular complexity index is 467. The van der Waals surface area contributed by atoms with Crippen molar-refractivity contribution >= 4 is 28.2 Å². The molecule has 1 fully saturated rings. The fourth-order valence-electron chi connectivity index (χ4n) is 2.09. The van der Waals surface area contributed by atoms with Crippen LogP contribution >= 0.6 is 11.3 Å². The third kappa shape index (κ3) is 2.43. The lowest BCUT2D eigenvalue weighted by Crippen LogP contribution is -2.30. The number of thiazole rings is 1. The summed E-state index contributed by atoms with van der Waals surface area (Å²) < 4.78 is 0. The Morgan fingerprint density at radius 3 is 2.61 bits per heavy atom. The van der Waals surface area contributed by atoms with Gasteiger partial charge < -0.3 is 15.5 Å². The number of nitrogens with two attached hydrogens (primary N) is 1. The minimum atomic E-state index is 0.0173. The van der Waals surface area contributed by atoms with Gasteiger partial charge in [0.1, 0.15) is 10.7 Å². The van der Waals surface area contributed by atoms with Crippen LogP contribution in [0.15, 0.2) is 0 Å². The topological polar surface area (TPSA) is 62.5 Å². The van der Waals surface area contributed by atoms with Crippen LogP contribution in [0.1, 0.15) is 29.9 Å². The van der Waals surface area contributed by atoms with Gasteiger partial charge in [0.2, 0.25) is 0 Å².